The molecule has 0 saturated carbocycles. The van der Waals surface area contributed by atoms with Crippen molar-refractivity contribution in [1.82, 2.24) is 0 Å². The molecule has 4 rings (SSSR count). The molecule has 3 aromatic rings. The van der Waals surface area contributed by atoms with Crippen LogP contribution in [0.25, 0.3) is 11.0 Å². The second kappa shape index (κ2) is 7.86. The van der Waals surface area contributed by atoms with Crippen molar-refractivity contribution in [3.8, 4) is 11.5 Å². The summed E-state index contributed by atoms with van der Waals surface area (Å²) in [6.45, 7) is 3.96. The van der Waals surface area contributed by atoms with Crippen LogP contribution in [0.5, 0.6) is 11.5 Å². The average molecular weight is 401 g/mol. The number of nitrogens with one attached hydrogen (secondary N) is 1. The van der Waals surface area contributed by atoms with Gasteiger partial charge in [-0.2, -0.15) is 0 Å². The first-order valence-corrected chi connectivity index (χ1v) is 9.84. The van der Waals surface area contributed by atoms with Crippen molar-refractivity contribution in [2.75, 3.05) is 13.8 Å². The van der Waals surface area contributed by atoms with E-state index in [1.54, 1.807) is 13.2 Å². The normalized spacial score (nSPS) is 15.9. The highest BCUT2D eigenvalue weighted by Crippen LogP contribution is 2.37. The van der Waals surface area contributed by atoms with Crippen LogP contribution in [0.15, 0.2) is 45.6 Å². The first-order valence-electron chi connectivity index (χ1n) is 9.47. The van der Waals surface area contributed by atoms with Crippen LogP contribution < -0.4 is 20.0 Å². The van der Waals surface area contributed by atoms with E-state index >= 15 is 0 Å². The van der Waals surface area contributed by atoms with E-state index in [1.807, 2.05) is 24.3 Å². The van der Waals surface area contributed by atoms with Gasteiger partial charge in [0.25, 0.3) is 0 Å². The smallest absolute Gasteiger partial charge is 0.336 e. The molecule has 6 heteroatoms. The van der Waals surface area contributed by atoms with Gasteiger partial charge in [-0.05, 0) is 30.2 Å². The van der Waals surface area contributed by atoms with E-state index in [4.69, 9.17) is 25.5 Å². The Kier molecular flexibility index (Phi) is 5.29. The highest BCUT2D eigenvalue weighted by Gasteiger charge is 2.28. The number of quaternary nitrogens is 1. The summed E-state index contributed by atoms with van der Waals surface area (Å²) >= 11 is 6.51. The fraction of sp³-hybridized carbons (Fsp3) is 0.318. The van der Waals surface area contributed by atoms with Gasteiger partial charge in [0.15, 0.2) is 11.3 Å². The Labute approximate surface area is 168 Å². The standard InChI is InChI=1S/C22H22ClNO4/c1-3-6-14-9-20(25)28-21-16(14)10-18(23)22-17(21)12-24(13-27-22)11-15-7-4-5-8-19(15)26-2/h4-5,7-10H,3,6,11-13H2,1-2H3/p+1. The minimum Gasteiger partial charge on any atom is -0.496 e. The number of hydrogen-bond acceptors (Lipinski definition) is 4. The van der Waals surface area contributed by atoms with Gasteiger partial charge < -0.3 is 13.9 Å². The summed E-state index contributed by atoms with van der Waals surface area (Å²) in [7, 11) is 1.67. The Bertz CT molecular complexity index is 1080. The molecule has 5 nitrogen and oxygen atoms in total. The Hall–Kier alpha value is -2.50. The molecule has 28 heavy (non-hydrogen) atoms. The molecular weight excluding hydrogens is 378 g/mol. The van der Waals surface area contributed by atoms with Crippen molar-refractivity contribution >= 4 is 22.6 Å². The number of para-hydroxylation sites is 1. The van der Waals surface area contributed by atoms with Gasteiger partial charge in [0, 0.05) is 17.0 Å². The lowest BCUT2D eigenvalue weighted by Crippen LogP contribution is -3.10. The van der Waals surface area contributed by atoms with Crippen molar-refractivity contribution in [3.63, 3.8) is 0 Å². The molecule has 0 saturated heterocycles. The van der Waals surface area contributed by atoms with Gasteiger partial charge in [-0.25, -0.2) is 4.79 Å². The molecular formula is C22H23ClNO4+. The quantitative estimate of drug-likeness (QED) is 0.667. The highest BCUT2D eigenvalue weighted by atomic mass is 35.5. The molecule has 1 aliphatic heterocycles. The Balaban J connectivity index is 1.75. The van der Waals surface area contributed by atoms with E-state index < -0.39 is 0 Å². The van der Waals surface area contributed by atoms with Gasteiger partial charge in [-0.3, -0.25) is 4.90 Å². The van der Waals surface area contributed by atoms with Gasteiger partial charge in [0.2, 0.25) is 6.73 Å². The molecule has 2 aromatic carbocycles. The van der Waals surface area contributed by atoms with Crippen molar-refractivity contribution < 1.29 is 18.8 Å². The second-order valence-corrected chi connectivity index (χ2v) is 7.49. The molecule has 0 bridgehead atoms. The summed E-state index contributed by atoms with van der Waals surface area (Å²) < 4.78 is 17.1. The van der Waals surface area contributed by atoms with E-state index in [1.165, 1.54) is 4.90 Å². The zero-order chi connectivity index (χ0) is 19.7. The maximum Gasteiger partial charge on any atom is 0.336 e. The molecule has 0 amide bonds. The van der Waals surface area contributed by atoms with E-state index in [0.29, 0.717) is 29.6 Å². The van der Waals surface area contributed by atoms with E-state index in [2.05, 4.69) is 13.0 Å². The maximum atomic E-state index is 12.1. The van der Waals surface area contributed by atoms with E-state index in [0.717, 1.165) is 47.2 Å². The largest absolute Gasteiger partial charge is 0.496 e. The minimum absolute atomic E-state index is 0.336. The molecule has 0 radical (unpaired) electrons. The third kappa shape index (κ3) is 3.48. The molecule has 1 aliphatic rings. The number of benzene rings is 2. The van der Waals surface area contributed by atoms with Crippen molar-refractivity contribution in [1.29, 1.82) is 0 Å². The number of fused-ring (bicyclic) bond motifs is 3. The Morgan fingerprint density at radius 2 is 2.04 bits per heavy atom. The predicted octanol–water partition coefficient (Wildman–Crippen LogP) is 3.34. The van der Waals surface area contributed by atoms with Crippen LogP contribution in [0, 0.1) is 0 Å². The fourth-order valence-corrected chi connectivity index (χ4v) is 4.15. The Morgan fingerprint density at radius 1 is 1.21 bits per heavy atom. The number of ether oxygens (including phenoxy) is 2. The van der Waals surface area contributed by atoms with Crippen LogP contribution in [-0.4, -0.2) is 13.8 Å². The lowest BCUT2D eigenvalue weighted by Gasteiger charge is -2.27. The minimum atomic E-state index is -0.336. The second-order valence-electron chi connectivity index (χ2n) is 7.09. The third-order valence-corrected chi connectivity index (χ3v) is 5.40. The SMILES string of the molecule is CCCc1cc(=O)oc2c3c(c(Cl)cc12)OC[NH+](Cc1ccccc1OC)C3. The molecule has 0 fully saturated rings. The van der Waals surface area contributed by atoms with Crippen molar-refractivity contribution in [2.24, 2.45) is 0 Å². The zero-order valence-electron chi connectivity index (χ0n) is 16.0. The molecule has 0 spiro atoms. The third-order valence-electron chi connectivity index (χ3n) is 5.12. The van der Waals surface area contributed by atoms with E-state index in [-0.39, 0.29) is 5.63 Å². The van der Waals surface area contributed by atoms with Crippen LogP contribution in [0.3, 0.4) is 0 Å². The average Bonchev–Trinajstić information content (AvgIpc) is 2.69. The maximum absolute atomic E-state index is 12.1. The summed E-state index contributed by atoms with van der Waals surface area (Å²) in [5.74, 6) is 1.48. The van der Waals surface area contributed by atoms with Crippen LogP contribution >= 0.6 is 11.6 Å². The van der Waals surface area contributed by atoms with Crippen LogP contribution in [0.4, 0.5) is 0 Å². The predicted molar refractivity (Wildman–Crippen MR) is 108 cm³/mol. The van der Waals surface area contributed by atoms with Crippen LogP contribution in [0.1, 0.15) is 30.0 Å². The summed E-state index contributed by atoms with van der Waals surface area (Å²) in [6, 6.07) is 11.4. The molecule has 146 valence electrons. The topological polar surface area (TPSA) is 53.1 Å². The Morgan fingerprint density at radius 3 is 2.82 bits per heavy atom. The zero-order valence-corrected chi connectivity index (χ0v) is 16.8. The molecule has 0 aliphatic carbocycles. The number of halogens is 1. The van der Waals surface area contributed by atoms with Crippen LogP contribution in [0.2, 0.25) is 5.02 Å². The van der Waals surface area contributed by atoms with Crippen molar-refractivity contribution in [3.05, 3.63) is 68.5 Å². The van der Waals surface area contributed by atoms with Gasteiger partial charge in [0.05, 0.1) is 17.7 Å². The van der Waals surface area contributed by atoms with Gasteiger partial charge in [-0.1, -0.05) is 37.1 Å². The molecule has 1 aromatic heterocycles. The van der Waals surface area contributed by atoms with Gasteiger partial charge >= 0.3 is 5.63 Å². The first kappa shape index (κ1) is 18.8. The van der Waals surface area contributed by atoms with Gasteiger partial charge in [0.1, 0.15) is 18.8 Å². The summed E-state index contributed by atoms with van der Waals surface area (Å²) in [5, 5.41) is 1.46. The molecule has 1 atom stereocenters. The monoisotopic (exact) mass is 400 g/mol. The summed E-state index contributed by atoms with van der Waals surface area (Å²) in [5.41, 5.74) is 3.18. The lowest BCUT2D eigenvalue weighted by molar-refractivity contribution is -0.945. The summed E-state index contributed by atoms with van der Waals surface area (Å²) in [6.07, 6.45) is 1.74. The number of hydrogen-bond donors (Lipinski definition) is 1. The molecule has 1 N–H and O–H groups in total. The van der Waals surface area contributed by atoms with Crippen LogP contribution in [-0.2, 0) is 19.5 Å². The number of methoxy groups -OCH3 is 1. The fourth-order valence-electron chi connectivity index (χ4n) is 3.87. The summed E-state index contributed by atoms with van der Waals surface area (Å²) in [4.78, 5) is 13.3. The van der Waals surface area contributed by atoms with E-state index in [9.17, 15) is 4.79 Å². The number of aryl methyl sites for hydroxylation is 1. The number of rotatable bonds is 5. The van der Waals surface area contributed by atoms with Gasteiger partial charge in [-0.15, -0.1) is 0 Å². The first-order chi connectivity index (χ1) is 13.6. The van der Waals surface area contributed by atoms with Crippen molar-refractivity contribution in [2.45, 2.75) is 32.9 Å². The lowest BCUT2D eigenvalue weighted by atomic mass is 10.0. The molecule has 2 heterocycles. The molecule has 1 unspecified atom stereocenters. The highest BCUT2D eigenvalue weighted by molar-refractivity contribution is 6.33.